The van der Waals surface area contributed by atoms with Crippen LogP contribution in [-0.2, 0) is 9.59 Å². The van der Waals surface area contributed by atoms with Crippen molar-refractivity contribution in [2.75, 3.05) is 4.90 Å². The monoisotopic (exact) mass is 299 g/mol. The normalized spacial score (nSPS) is 18.9. The molecule has 5 heteroatoms. The Morgan fingerprint density at radius 1 is 1.35 bits per heavy atom. The summed E-state index contributed by atoms with van der Waals surface area (Å²) in [5.74, 6) is -0.924. The van der Waals surface area contributed by atoms with Crippen molar-refractivity contribution < 1.29 is 14.0 Å². The van der Waals surface area contributed by atoms with Crippen LogP contribution in [0, 0.1) is 11.2 Å². The Labute approximate surface area is 107 Å². The van der Waals surface area contributed by atoms with E-state index in [0.717, 1.165) is 4.90 Å². The van der Waals surface area contributed by atoms with Crippen LogP contribution < -0.4 is 4.90 Å². The van der Waals surface area contributed by atoms with Gasteiger partial charge in [0.2, 0.25) is 11.8 Å². The minimum atomic E-state index is -0.683. The molecule has 0 unspecified atom stereocenters. The molecule has 0 radical (unpaired) electrons. The van der Waals surface area contributed by atoms with Crippen molar-refractivity contribution in [3.63, 3.8) is 0 Å². The molecule has 0 spiro atoms. The Morgan fingerprint density at radius 3 is 2.47 bits per heavy atom. The van der Waals surface area contributed by atoms with Crippen molar-refractivity contribution in [1.29, 1.82) is 0 Å². The molecule has 1 aromatic rings. The van der Waals surface area contributed by atoms with Crippen LogP contribution in [0.25, 0.3) is 0 Å². The quantitative estimate of drug-likeness (QED) is 0.748. The zero-order valence-electron chi connectivity index (χ0n) is 9.46. The molecule has 1 aliphatic rings. The second-order valence-corrected chi connectivity index (χ2v) is 5.55. The summed E-state index contributed by atoms with van der Waals surface area (Å²) < 4.78 is 13.3. The number of amides is 2. The van der Waals surface area contributed by atoms with Crippen LogP contribution in [0.15, 0.2) is 22.7 Å². The van der Waals surface area contributed by atoms with E-state index in [2.05, 4.69) is 15.9 Å². The lowest BCUT2D eigenvalue weighted by molar-refractivity contribution is -0.124. The molecule has 0 aliphatic carbocycles. The number of benzene rings is 1. The Hall–Kier alpha value is -1.23. The SMILES string of the molecule is CC1(C)CC(=O)N(c2ccc(F)c(Br)c2)C1=O. The molecule has 1 aromatic carbocycles. The standard InChI is InChI=1S/C12H11BrFNO2/c1-12(2)6-10(16)15(11(12)17)7-3-4-9(14)8(13)5-7/h3-5H,6H2,1-2H3. The molecule has 0 saturated carbocycles. The van der Waals surface area contributed by atoms with Crippen molar-refractivity contribution in [3.8, 4) is 0 Å². The number of hydrogen-bond acceptors (Lipinski definition) is 2. The number of nitrogens with zero attached hydrogens (tertiary/aromatic N) is 1. The van der Waals surface area contributed by atoms with E-state index in [0.29, 0.717) is 5.69 Å². The van der Waals surface area contributed by atoms with Gasteiger partial charge in [0.1, 0.15) is 5.82 Å². The van der Waals surface area contributed by atoms with Crippen LogP contribution in [-0.4, -0.2) is 11.8 Å². The number of hydrogen-bond donors (Lipinski definition) is 0. The Morgan fingerprint density at radius 2 is 2.00 bits per heavy atom. The minimum Gasteiger partial charge on any atom is -0.274 e. The van der Waals surface area contributed by atoms with E-state index in [9.17, 15) is 14.0 Å². The lowest BCUT2D eigenvalue weighted by Gasteiger charge is -2.18. The summed E-state index contributed by atoms with van der Waals surface area (Å²) in [4.78, 5) is 24.9. The van der Waals surface area contributed by atoms with Gasteiger partial charge in [0.25, 0.3) is 0 Å². The van der Waals surface area contributed by atoms with Gasteiger partial charge in [0.05, 0.1) is 15.6 Å². The zero-order valence-corrected chi connectivity index (χ0v) is 11.0. The Balaban J connectivity index is 2.44. The third-order valence-electron chi connectivity index (χ3n) is 2.79. The highest BCUT2D eigenvalue weighted by molar-refractivity contribution is 9.10. The number of imide groups is 1. The average Bonchev–Trinajstić information content (AvgIpc) is 2.42. The first-order valence-electron chi connectivity index (χ1n) is 5.15. The molecule has 1 heterocycles. The van der Waals surface area contributed by atoms with Crippen molar-refractivity contribution in [1.82, 2.24) is 0 Å². The van der Waals surface area contributed by atoms with Crippen molar-refractivity contribution in [3.05, 3.63) is 28.5 Å². The highest BCUT2D eigenvalue weighted by Crippen LogP contribution is 2.36. The summed E-state index contributed by atoms with van der Waals surface area (Å²) in [7, 11) is 0. The first kappa shape index (κ1) is 12.2. The molecule has 0 bridgehead atoms. The van der Waals surface area contributed by atoms with Gasteiger partial charge in [0, 0.05) is 6.42 Å². The average molecular weight is 300 g/mol. The van der Waals surface area contributed by atoms with E-state index in [1.54, 1.807) is 13.8 Å². The van der Waals surface area contributed by atoms with Crippen LogP contribution in [0.4, 0.5) is 10.1 Å². The van der Waals surface area contributed by atoms with Crippen molar-refractivity contribution >= 4 is 33.4 Å². The highest BCUT2D eigenvalue weighted by atomic mass is 79.9. The lowest BCUT2D eigenvalue weighted by atomic mass is 9.92. The molecule has 2 amide bonds. The first-order chi connectivity index (χ1) is 7.83. The summed E-state index contributed by atoms with van der Waals surface area (Å²) in [6, 6.07) is 4.09. The second kappa shape index (κ2) is 3.91. The van der Waals surface area contributed by atoms with E-state index in [-0.39, 0.29) is 22.7 Å². The van der Waals surface area contributed by atoms with E-state index in [4.69, 9.17) is 0 Å². The highest BCUT2D eigenvalue weighted by Gasteiger charge is 2.45. The lowest BCUT2D eigenvalue weighted by Crippen LogP contribution is -2.32. The van der Waals surface area contributed by atoms with Gasteiger partial charge in [-0.3, -0.25) is 14.5 Å². The van der Waals surface area contributed by atoms with Gasteiger partial charge in [-0.1, -0.05) is 13.8 Å². The van der Waals surface area contributed by atoms with Crippen LogP contribution >= 0.6 is 15.9 Å². The molecule has 1 aliphatic heterocycles. The topological polar surface area (TPSA) is 37.4 Å². The van der Waals surface area contributed by atoms with Crippen LogP contribution in [0.2, 0.25) is 0 Å². The summed E-state index contributed by atoms with van der Waals surface area (Å²) in [5.41, 5.74) is -0.281. The third-order valence-corrected chi connectivity index (χ3v) is 3.39. The maximum Gasteiger partial charge on any atom is 0.239 e. The third kappa shape index (κ3) is 1.99. The summed E-state index contributed by atoms with van der Waals surface area (Å²) in [5, 5.41) is 0. The fourth-order valence-electron chi connectivity index (χ4n) is 1.83. The fourth-order valence-corrected chi connectivity index (χ4v) is 2.20. The molecule has 1 fully saturated rings. The number of carbonyl (C=O) groups is 2. The van der Waals surface area contributed by atoms with Gasteiger partial charge in [-0.25, -0.2) is 4.39 Å². The van der Waals surface area contributed by atoms with Crippen LogP contribution in [0.3, 0.4) is 0 Å². The van der Waals surface area contributed by atoms with Crippen LogP contribution in [0.1, 0.15) is 20.3 Å². The van der Waals surface area contributed by atoms with Gasteiger partial charge >= 0.3 is 0 Å². The second-order valence-electron chi connectivity index (χ2n) is 4.69. The molecule has 3 nitrogen and oxygen atoms in total. The van der Waals surface area contributed by atoms with Crippen molar-refractivity contribution in [2.45, 2.75) is 20.3 Å². The van der Waals surface area contributed by atoms with Gasteiger partial charge in [-0.2, -0.15) is 0 Å². The summed E-state index contributed by atoms with van der Waals surface area (Å²) >= 11 is 3.04. The van der Waals surface area contributed by atoms with Gasteiger partial charge in [0.15, 0.2) is 0 Å². The zero-order chi connectivity index (χ0) is 12.8. The predicted octanol–water partition coefficient (Wildman–Crippen LogP) is 2.88. The predicted molar refractivity (Wildman–Crippen MR) is 65.0 cm³/mol. The molecular formula is C12H11BrFNO2. The van der Waals surface area contributed by atoms with Gasteiger partial charge in [-0.15, -0.1) is 0 Å². The molecule has 0 atom stereocenters. The Bertz CT molecular complexity index is 513. The molecule has 90 valence electrons. The van der Waals surface area contributed by atoms with Gasteiger partial charge < -0.3 is 0 Å². The molecule has 1 saturated heterocycles. The largest absolute Gasteiger partial charge is 0.274 e. The maximum absolute atomic E-state index is 13.1. The molecule has 0 aromatic heterocycles. The molecule has 0 N–H and O–H groups in total. The molecule has 2 rings (SSSR count). The van der Waals surface area contributed by atoms with E-state index in [1.807, 2.05) is 0 Å². The van der Waals surface area contributed by atoms with E-state index in [1.165, 1.54) is 18.2 Å². The van der Waals surface area contributed by atoms with Crippen LogP contribution in [0.5, 0.6) is 0 Å². The maximum atomic E-state index is 13.1. The Kier molecular flexibility index (Phi) is 2.81. The summed E-state index contributed by atoms with van der Waals surface area (Å²) in [6.45, 7) is 3.46. The van der Waals surface area contributed by atoms with E-state index < -0.39 is 11.2 Å². The van der Waals surface area contributed by atoms with Crippen molar-refractivity contribution in [2.24, 2.45) is 5.41 Å². The smallest absolute Gasteiger partial charge is 0.239 e. The summed E-state index contributed by atoms with van der Waals surface area (Å²) in [6.07, 6.45) is 0.181. The molecule has 17 heavy (non-hydrogen) atoms. The van der Waals surface area contributed by atoms with Gasteiger partial charge in [-0.05, 0) is 34.1 Å². The number of anilines is 1. The molecular weight excluding hydrogens is 289 g/mol. The fraction of sp³-hybridized carbons (Fsp3) is 0.333. The first-order valence-corrected chi connectivity index (χ1v) is 5.95. The number of halogens is 2. The minimum absolute atomic E-state index is 0.181. The number of carbonyl (C=O) groups excluding carboxylic acids is 2. The number of rotatable bonds is 1. The van der Waals surface area contributed by atoms with E-state index >= 15 is 0 Å².